The van der Waals surface area contributed by atoms with E-state index in [1.807, 2.05) is 5.32 Å². The quantitative estimate of drug-likeness (QED) is 0.545. The van der Waals surface area contributed by atoms with Gasteiger partial charge in [0.1, 0.15) is 5.78 Å². The lowest BCUT2D eigenvalue weighted by Gasteiger charge is -2.11. The Hall–Kier alpha value is -1.43. The first-order chi connectivity index (χ1) is 6.08. The second-order valence-electron chi connectivity index (χ2n) is 2.91. The Morgan fingerprint density at radius 2 is 2.23 bits per heavy atom. The molecule has 0 aromatic carbocycles. The molecule has 0 bridgehead atoms. The van der Waals surface area contributed by atoms with Crippen LogP contribution in [0.3, 0.4) is 0 Å². The molecule has 72 valence electrons. The molecular formula is C7H11N3O3. The number of imide groups is 1. The van der Waals surface area contributed by atoms with E-state index >= 15 is 0 Å². The molecule has 0 aliphatic carbocycles. The predicted octanol–water partition coefficient (Wildman–Crippen LogP) is -1.54. The number of hydrogen-bond acceptors (Lipinski definition) is 4. The lowest BCUT2D eigenvalue weighted by Crippen LogP contribution is -2.41. The zero-order chi connectivity index (χ0) is 9.84. The molecule has 6 heteroatoms. The van der Waals surface area contributed by atoms with Gasteiger partial charge in [-0.05, 0) is 0 Å². The molecule has 3 N–H and O–H groups in total. The maximum atomic E-state index is 11.0. The van der Waals surface area contributed by atoms with Crippen molar-refractivity contribution in [1.29, 1.82) is 0 Å². The van der Waals surface area contributed by atoms with E-state index in [9.17, 15) is 14.4 Å². The van der Waals surface area contributed by atoms with Crippen LogP contribution in [0.5, 0.6) is 0 Å². The standard InChI is InChI=1S/C7H11N3O3/c8-7(13)9-6(12)4-10-2-1-5(11)3-10/h1-4H2,(H3,8,9,12,13). The lowest BCUT2D eigenvalue weighted by molar-refractivity contribution is -0.121. The number of nitrogens with one attached hydrogen (secondary N) is 1. The maximum absolute atomic E-state index is 11.0. The van der Waals surface area contributed by atoms with Gasteiger partial charge in [-0.15, -0.1) is 0 Å². The summed E-state index contributed by atoms with van der Waals surface area (Å²) < 4.78 is 0. The van der Waals surface area contributed by atoms with Crippen molar-refractivity contribution in [2.45, 2.75) is 6.42 Å². The van der Waals surface area contributed by atoms with Crippen LogP contribution in [0, 0.1) is 0 Å². The van der Waals surface area contributed by atoms with E-state index in [0.717, 1.165) is 0 Å². The first-order valence-electron chi connectivity index (χ1n) is 3.91. The summed E-state index contributed by atoms with van der Waals surface area (Å²) in [5.41, 5.74) is 4.74. The molecule has 1 heterocycles. The van der Waals surface area contributed by atoms with Crippen LogP contribution >= 0.6 is 0 Å². The molecule has 13 heavy (non-hydrogen) atoms. The normalized spacial score (nSPS) is 17.4. The Morgan fingerprint density at radius 1 is 1.54 bits per heavy atom. The smallest absolute Gasteiger partial charge is 0.318 e. The first kappa shape index (κ1) is 9.66. The van der Waals surface area contributed by atoms with Crippen LogP contribution in [0.2, 0.25) is 0 Å². The maximum Gasteiger partial charge on any atom is 0.318 e. The van der Waals surface area contributed by atoms with Gasteiger partial charge in [0.15, 0.2) is 0 Å². The summed E-state index contributed by atoms with van der Waals surface area (Å²) in [5.74, 6) is -0.353. The highest BCUT2D eigenvalue weighted by molar-refractivity contribution is 5.95. The number of rotatable bonds is 2. The SMILES string of the molecule is NC(=O)NC(=O)CN1CCC(=O)C1. The topological polar surface area (TPSA) is 92.5 Å². The van der Waals surface area contributed by atoms with Gasteiger partial charge in [-0.2, -0.15) is 0 Å². The molecule has 0 aromatic rings. The highest BCUT2D eigenvalue weighted by Gasteiger charge is 2.21. The van der Waals surface area contributed by atoms with Gasteiger partial charge in [0.2, 0.25) is 5.91 Å². The van der Waals surface area contributed by atoms with Crippen LogP contribution in [0.4, 0.5) is 4.79 Å². The van der Waals surface area contributed by atoms with Gasteiger partial charge in [0, 0.05) is 13.0 Å². The van der Waals surface area contributed by atoms with E-state index in [2.05, 4.69) is 0 Å². The summed E-state index contributed by atoms with van der Waals surface area (Å²) in [6.07, 6.45) is 0.476. The number of nitrogens with zero attached hydrogens (tertiary/aromatic N) is 1. The number of nitrogens with two attached hydrogens (primary N) is 1. The van der Waals surface area contributed by atoms with Crippen molar-refractivity contribution in [2.75, 3.05) is 19.6 Å². The molecule has 6 nitrogen and oxygen atoms in total. The van der Waals surface area contributed by atoms with Gasteiger partial charge in [-0.25, -0.2) is 4.79 Å². The average molecular weight is 185 g/mol. The zero-order valence-electron chi connectivity index (χ0n) is 7.08. The van der Waals surface area contributed by atoms with Gasteiger partial charge in [0.25, 0.3) is 0 Å². The number of ketones is 1. The summed E-state index contributed by atoms with van der Waals surface area (Å²) >= 11 is 0. The van der Waals surface area contributed by atoms with Crippen LogP contribution in [-0.4, -0.2) is 42.3 Å². The summed E-state index contributed by atoms with van der Waals surface area (Å²) in [4.78, 5) is 33.7. The number of primary amides is 1. The molecule has 1 fully saturated rings. The first-order valence-corrected chi connectivity index (χ1v) is 3.91. The number of amides is 3. The Morgan fingerprint density at radius 3 is 2.69 bits per heavy atom. The fourth-order valence-electron chi connectivity index (χ4n) is 1.21. The molecule has 0 aromatic heterocycles. The number of carbonyl (C=O) groups excluding carboxylic acids is 3. The van der Waals surface area contributed by atoms with Gasteiger partial charge in [-0.3, -0.25) is 19.8 Å². The monoisotopic (exact) mass is 185 g/mol. The van der Waals surface area contributed by atoms with E-state index in [0.29, 0.717) is 13.0 Å². The van der Waals surface area contributed by atoms with Gasteiger partial charge in [0.05, 0.1) is 13.1 Å². The summed E-state index contributed by atoms with van der Waals surface area (Å²) in [5, 5.41) is 1.93. The zero-order valence-corrected chi connectivity index (χ0v) is 7.08. The third kappa shape index (κ3) is 3.20. The fourth-order valence-corrected chi connectivity index (χ4v) is 1.21. The van der Waals surface area contributed by atoms with Crippen LogP contribution in [-0.2, 0) is 9.59 Å². The van der Waals surface area contributed by atoms with Crippen LogP contribution in [0.15, 0.2) is 0 Å². The predicted molar refractivity (Wildman–Crippen MR) is 43.8 cm³/mol. The number of Topliss-reactive ketones (excluding diaryl/α,β-unsaturated/α-hetero) is 1. The van der Waals surface area contributed by atoms with Crippen LogP contribution in [0.25, 0.3) is 0 Å². The van der Waals surface area contributed by atoms with Crippen molar-refractivity contribution in [1.82, 2.24) is 10.2 Å². The van der Waals surface area contributed by atoms with Crippen LogP contribution in [0.1, 0.15) is 6.42 Å². The molecule has 0 atom stereocenters. The number of likely N-dealkylation sites (tertiary alicyclic amines) is 1. The third-order valence-corrected chi connectivity index (χ3v) is 1.74. The van der Waals surface area contributed by atoms with E-state index < -0.39 is 11.9 Å². The molecule has 1 rings (SSSR count). The molecule has 0 spiro atoms. The van der Waals surface area contributed by atoms with Crippen molar-refractivity contribution in [2.24, 2.45) is 5.73 Å². The molecule has 1 aliphatic heterocycles. The Kier molecular flexibility index (Phi) is 2.97. The van der Waals surface area contributed by atoms with Crippen molar-refractivity contribution < 1.29 is 14.4 Å². The van der Waals surface area contributed by atoms with E-state index in [-0.39, 0.29) is 18.9 Å². The third-order valence-electron chi connectivity index (χ3n) is 1.74. The fraction of sp³-hybridized carbons (Fsp3) is 0.571. The van der Waals surface area contributed by atoms with E-state index in [1.54, 1.807) is 4.90 Å². The van der Waals surface area contributed by atoms with Crippen molar-refractivity contribution in [3.8, 4) is 0 Å². The minimum Gasteiger partial charge on any atom is -0.351 e. The van der Waals surface area contributed by atoms with Gasteiger partial charge < -0.3 is 5.73 Å². The summed E-state index contributed by atoms with van der Waals surface area (Å²) in [7, 11) is 0. The van der Waals surface area contributed by atoms with Crippen molar-refractivity contribution >= 4 is 17.7 Å². The second-order valence-corrected chi connectivity index (χ2v) is 2.91. The largest absolute Gasteiger partial charge is 0.351 e. The molecule has 3 amide bonds. The Balaban J connectivity index is 2.28. The Labute approximate surface area is 75.1 Å². The molecule has 0 unspecified atom stereocenters. The van der Waals surface area contributed by atoms with Gasteiger partial charge >= 0.3 is 6.03 Å². The second kappa shape index (κ2) is 3.99. The summed E-state index contributed by atoms with van der Waals surface area (Å²) in [6, 6.07) is -0.865. The van der Waals surface area contributed by atoms with E-state index in [1.165, 1.54) is 0 Å². The van der Waals surface area contributed by atoms with Gasteiger partial charge in [-0.1, -0.05) is 0 Å². The molecule has 0 radical (unpaired) electrons. The van der Waals surface area contributed by atoms with E-state index in [4.69, 9.17) is 5.73 Å². The van der Waals surface area contributed by atoms with Crippen molar-refractivity contribution in [3.05, 3.63) is 0 Å². The number of hydrogen-bond donors (Lipinski definition) is 2. The minimum absolute atomic E-state index is 0.0503. The molecule has 0 saturated carbocycles. The highest BCUT2D eigenvalue weighted by atomic mass is 16.2. The molecule has 1 saturated heterocycles. The molecule has 1 aliphatic rings. The minimum atomic E-state index is -0.865. The Bertz CT molecular complexity index is 251. The summed E-state index contributed by atoms with van der Waals surface area (Å²) in [6.45, 7) is 0.909. The van der Waals surface area contributed by atoms with Crippen LogP contribution < -0.4 is 11.1 Å². The average Bonchev–Trinajstić information content (AvgIpc) is 2.33. The number of urea groups is 1. The number of carbonyl (C=O) groups is 3. The lowest BCUT2D eigenvalue weighted by atomic mass is 10.4. The highest BCUT2D eigenvalue weighted by Crippen LogP contribution is 2.02. The van der Waals surface area contributed by atoms with Crippen molar-refractivity contribution in [3.63, 3.8) is 0 Å². The molecular weight excluding hydrogens is 174 g/mol.